The Bertz CT molecular complexity index is 1050. The van der Waals surface area contributed by atoms with Gasteiger partial charge < -0.3 is 24.3 Å². The molecule has 3 saturated heterocycles. The largest absolute Gasteiger partial charge is 0.444 e. The molecule has 2 atom stereocenters. The van der Waals surface area contributed by atoms with Crippen LogP contribution >= 0.6 is 0 Å². The van der Waals surface area contributed by atoms with Gasteiger partial charge in [0.05, 0.1) is 0 Å². The first kappa shape index (κ1) is 25.9. The number of halogens is 2. The fourth-order valence-corrected chi connectivity index (χ4v) is 5.63. The quantitative estimate of drug-likeness (QED) is 0.602. The molecule has 1 aliphatic carbocycles. The van der Waals surface area contributed by atoms with E-state index in [1.807, 2.05) is 30.6 Å². The molecular weight excluding hydrogens is 482 g/mol. The van der Waals surface area contributed by atoms with E-state index in [1.165, 1.54) is 0 Å². The summed E-state index contributed by atoms with van der Waals surface area (Å²) in [4.78, 5) is 42.0. The van der Waals surface area contributed by atoms with E-state index >= 15 is 0 Å². The summed E-state index contributed by atoms with van der Waals surface area (Å²) in [7, 11) is 0. The van der Waals surface area contributed by atoms with Gasteiger partial charge in [0.25, 0.3) is 5.92 Å². The number of fused-ring (bicyclic) bond motifs is 1. The SMILES string of the molecule is C[C@H]1CCN1c1nc(N2CC[C@H](CC(=O)N3CCN(C(=O)OC(C)(C)C)CC3)C2)c2c(n1)C(F)(F)CC2. The maximum atomic E-state index is 14.7. The summed E-state index contributed by atoms with van der Waals surface area (Å²) < 4.78 is 34.8. The first-order valence-electron chi connectivity index (χ1n) is 13.5. The molecule has 4 aliphatic rings. The molecule has 4 heterocycles. The maximum Gasteiger partial charge on any atom is 0.410 e. The van der Waals surface area contributed by atoms with Crippen molar-refractivity contribution in [2.75, 3.05) is 55.6 Å². The maximum absolute atomic E-state index is 14.7. The Morgan fingerprint density at radius 2 is 1.73 bits per heavy atom. The van der Waals surface area contributed by atoms with Crippen LogP contribution in [-0.2, 0) is 21.9 Å². The number of hydrogen-bond donors (Lipinski definition) is 0. The van der Waals surface area contributed by atoms with Crippen LogP contribution in [0.1, 0.15) is 64.6 Å². The summed E-state index contributed by atoms with van der Waals surface area (Å²) in [6, 6.07) is 0.251. The van der Waals surface area contributed by atoms with E-state index in [-0.39, 0.29) is 42.5 Å². The molecule has 1 aromatic rings. The van der Waals surface area contributed by atoms with Crippen molar-refractivity contribution in [2.24, 2.45) is 5.92 Å². The van der Waals surface area contributed by atoms with Gasteiger partial charge in [0.15, 0.2) is 0 Å². The van der Waals surface area contributed by atoms with Gasteiger partial charge in [-0.3, -0.25) is 4.79 Å². The lowest BCUT2D eigenvalue weighted by Gasteiger charge is -2.39. The van der Waals surface area contributed by atoms with Gasteiger partial charge in [-0.2, -0.15) is 13.8 Å². The van der Waals surface area contributed by atoms with Crippen molar-refractivity contribution in [3.8, 4) is 0 Å². The van der Waals surface area contributed by atoms with E-state index in [0.29, 0.717) is 63.0 Å². The van der Waals surface area contributed by atoms with Crippen molar-refractivity contribution in [2.45, 2.75) is 77.4 Å². The third kappa shape index (κ3) is 5.31. The van der Waals surface area contributed by atoms with E-state index in [2.05, 4.69) is 16.8 Å². The standard InChI is InChI=1S/C26H38F2N6O3/c1-17-6-10-34(17)23-29-21-19(5-8-26(21,27)28)22(30-23)33-9-7-18(16-33)15-20(35)31-11-13-32(14-12-31)24(36)37-25(2,3)4/h17-18H,5-16H2,1-4H3/t17-,18+/m0/s1. The van der Waals surface area contributed by atoms with Crippen LogP contribution in [0, 0.1) is 5.92 Å². The van der Waals surface area contributed by atoms with Crippen LogP contribution in [-0.4, -0.2) is 89.2 Å². The van der Waals surface area contributed by atoms with E-state index in [0.717, 1.165) is 19.4 Å². The summed E-state index contributed by atoms with van der Waals surface area (Å²) in [6.45, 7) is 11.5. The van der Waals surface area contributed by atoms with Gasteiger partial charge in [0.1, 0.15) is 17.1 Å². The summed E-state index contributed by atoms with van der Waals surface area (Å²) >= 11 is 0. The summed E-state index contributed by atoms with van der Waals surface area (Å²) in [5.41, 5.74) is -0.104. The molecule has 3 fully saturated rings. The number of rotatable bonds is 4. The Morgan fingerprint density at radius 1 is 1.03 bits per heavy atom. The highest BCUT2D eigenvalue weighted by Crippen LogP contribution is 2.45. The van der Waals surface area contributed by atoms with Gasteiger partial charge in [0.2, 0.25) is 11.9 Å². The molecule has 3 aliphatic heterocycles. The molecule has 0 spiro atoms. The molecular formula is C26H38F2N6O3. The molecule has 9 nitrogen and oxygen atoms in total. The van der Waals surface area contributed by atoms with Crippen molar-refractivity contribution in [1.29, 1.82) is 0 Å². The molecule has 5 rings (SSSR count). The van der Waals surface area contributed by atoms with Crippen LogP contribution in [0.2, 0.25) is 0 Å². The Hall–Kier alpha value is -2.72. The monoisotopic (exact) mass is 520 g/mol. The number of alkyl halides is 2. The van der Waals surface area contributed by atoms with E-state index in [9.17, 15) is 18.4 Å². The van der Waals surface area contributed by atoms with Crippen LogP contribution in [0.15, 0.2) is 0 Å². The highest BCUT2D eigenvalue weighted by atomic mass is 19.3. The topological polar surface area (TPSA) is 82.1 Å². The smallest absolute Gasteiger partial charge is 0.410 e. The Morgan fingerprint density at radius 3 is 2.35 bits per heavy atom. The van der Waals surface area contributed by atoms with Gasteiger partial charge in [-0.15, -0.1) is 0 Å². The minimum absolute atomic E-state index is 0.0743. The second-order valence-electron chi connectivity index (χ2n) is 11.9. The van der Waals surface area contributed by atoms with Crippen LogP contribution < -0.4 is 9.80 Å². The Balaban J connectivity index is 1.20. The van der Waals surface area contributed by atoms with Crippen LogP contribution in [0.5, 0.6) is 0 Å². The summed E-state index contributed by atoms with van der Waals surface area (Å²) in [6.07, 6.45) is 1.92. The van der Waals surface area contributed by atoms with Gasteiger partial charge in [0, 0.05) is 70.3 Å². The van der Waals surface area contributed by atoms with Crippen molar-refractivity contribution in [3.63, 3.8) is 0 Å². The van der Waals surface area contributed by atoms with Crippen LogP contribution in [0.3, 0.4) is 0 Å². The molecule has 0 unspecified atom stereocenters. The Labute approximate surface area is 217 Å². The highest BCUT2D eigenvalue weighted by molar-refractivity contribution is 5.77. The van der Waals surface area contributed by atoms with Gasteiger partial charge >= 0.3 is 6.09 Å². The molecule has 0 radical (unpaired) electrons. The molecule has 204 valence electrons. The van der Waals surface area contributed by atoms with Gasteiger partial charge in [-0.05, 0) is 52.9 Å². The minimum atomic E-state index is -2.92. The number of nitrogens with zero attached hydrogens (tertiary/aromatic N) is 6. The third-order valence-corrected chi connectivity index (χ3v) is 7.92. The third-order valence-electron chi connectivity index (χ3n) is 7.92. The van der Waals surface area contributed by atoms with Crippen molar-refractivity contribution in [3.05, 3.63) is 11.3 Å². The second-order valence-corrected chi connectivity index (χ2v) is 11.9. The van der Waals surface area contributed by atoms with E-state index in [4.69, 9.17) is 9.72 Å². The van der Waals surface area contributed by atoms with Crippen molar-refractivity contribution < 1.29 is 23.1 Å². The number of anilines is 2. The lowest BCUT2D eigenvalue weighted by Crippen LogP contribution is -2.51. The van der Waals surface area contributed by atoms with E-state index < -0.39 is 11.5 Å². The molecule has 0 saturated carbocycles. The zero-order valence-electron chi connectivity index (χ0n) is 22.3. The average Bonchev–Trinajstić information content (AvgIpc) is 3.40. The van der Waals surface area contributed by atoms with Gasteiger partial charge in [-0.25, -0.2) is 9.78 Å². The zero-order valence-corrected chi connectivity index (χ0v) is 22.3. The predicted molar refractivity (Wildman–Crippen MR) is 135 cm³/mol. The molecule has 2 amide bonds. The zero-order chi connectivity index (χ0) is 26.5. The van der Waals surface area contributed by atoms with Crippen LogP contribution in [0.4, 0.5) is 25.3 Å². The minimum Gasteiger partial charge on any atom is -0.444 e. The molecule has 1 aromatic heterocycles. The molecule has 0 aromatic carbocycles. The van der Waals surface area contributed by atoms with E-state index in [1.54, 1.807) is 4.90 Å². The number of hydrogen-bond acceptors (Lipinski definition) is 7. The lowest BCUT2D eigenvalue weighted by atomic mass is 10.0. The molecule has 0 bridgehead atoms. The molecule has 11 heteroatoms. The fourth-order valence-electron chi connectivity index (χ4n) is 5.63. The summed E-state index contributed by atoms with van der Waals surface area (Å²) in [5.74, 6) is -1.69. The predicted octanol–water partition coefficient (Wildman–Crippen LogP) is 3.41. The fraction of sp³-hybridized carbons (Fsp3) is 0.769. The Kier molecular flexibility index (Phi) is 6.68. The second kappa shape index (κ2) is 9.54. The molecule has 37 heavy (non-hydrogen) atoms. The van der Waals surface area contributed by atoms with Gasteiger partial charge in [-0.1, -0.05) is 0 Å². The molecule has 0 N–H and O–H groups in total. The first-order chi connectivity index (χ1) is 17.4. The lowest BCUT2D eigenvalue weighted by molar-refractivity contribution is -0.133. The number of amides is 2. The average molecular weight is 521 g/mol. The number of piperazine rings is 1. The number of ether oxygens (including phenoxy) is 1. The van der Waals surface area contributed by atoms with Crippen LogP contribution in [0.25, 0.3) is 0 Å². The number of aromatic nitrogens is 2. The number of carbonyl (C=O) groups excluding carboxylic acids is 2. The van der Waals surface area contributed by atoms with Crippen molar-refractivity contribution in [1.82, 2.24) is 19.8 Å². The normalized spacial score (nSPS) is 25.2. The first-order valence-corrected chi connectivity index (χ1v) is 13.5. The van der Waals surface area contributed by atoms with Crippen molar-refractivity contribution >= 4 is 23.8 Å². The summed E-state index contributed by atoms with van der Waals surface area (Å²) in [5, 5.41) is 0. The highest BCUT2D eigenvalue weighted by Gasteiger charge is 2.45. The number of carbonyl (C=O) groups is 2.